The van der Waals surface area contributed by atoms with Gasteiger partial charge in [0.25, 0.3) is 0 Å². The lowest BCUT2D eigenvalue weighted by Crippen LogP contribution is -2.63. The minimum atomic E-state index is -0.473. The number of piperazine rings is 1. The fraction of sp³-hybridized carbons (Fsp3) is 0.682. The number of ether oxygens (including phenoxy) is 1. The van der Waals surface area contributed by atoms with Crippen LogP contribution in [0, 0.1) is 0 Å². The van der Waals surface area contributed by atoms with Gasteiger partial charge in [0.05, 0.1) is 12.6 Å². The Hall–Kier alpha value is -1.82. The molecule has 0 aliphatic carbocycles. The minimum absolute atomic E-state index is 0. The molecule has 3 rings (SSSR count). The molecule has 1 aromatic rings. The molecule has 0 saturated carbocycles. The quantitative estimate of drug-likeness (QED) is 0.325. The van der Waals surface area contributed by atoms with Gasteiger partial charge in [-0.1, -0.05) is 0 Å². The molecule has 180 valence electrons. The number of carbonyl (C=O) groups excluding carboxylic acids is 1. The van der Waals surface area contributed by atoms with E-state index in [0.717, 1.165) is 50.1 Å². The number of guanidine groups is 1. The summed E-state index contributed by atoms with van der Waals surface area (Å²) in [5, 5.41) is 6.70. The van der Waals surface area contributed by atoms with Crippen molar-refractivity contribution in [1.82, 2.24) is 25.4 Å². The number of halogens is 1. The largest absolute Gasteiger partial charge is 0.444 e. The fourth-order valence-electron chi connectivity index (χ4n) is 3.50. The van der Waals surface area contributed by atoms with Gasteiger partial charge in [0, 0.05) is 52.0 Å². The zero-order valence-electron chi connectivity index (χ0n) is 19.9. The number of carbonyl (C=O) groups is 1. The molecular formula is C22H38IN7O2. The molecule has 2 aliphatic rings. The van der Waals surface area contributed by atoms with Crippen molar-refractivity contribution in [3.05, 3.63) is 23.9 Å². The van der Waals surface area contributed by atoms with Gasteiger partial charge in [-0.2, -0.15) is 0 Å². The summed E-state index contributed by atoms with van der Waals surface area (Å²) in [7, 11) is 2.15. The number of pyridine rings is 1. The molecule has 3 heterocycles. The maximum atomic E-state index is 12.1. The van der Waals surface area contributed by atoms with Gasteiger partial charge in [-0.15, -0.1) is 24.0 Å². The van der Waals surface area contributed by atoms with Crippen molar-refractivity contribution in [2.24, 2.45) is 4.99 Å². The molecule has 0 spiro atoms. The first-order chi connectivity index (χ1) is 14.7. The van der Waals surface area contributed by atoms with Crippen LogP contribution in [0.15, 0.2) is 23.3 Å². The van der Waals surface area contributed by atoms with E-state index in [1.54, 1.807) is 4.90 Å². The van der Waals surface area contributed by atoms with Crippen LogP contribution in [0.25, 0.3) is 0 Å². The Labute approximate surface area is 209 Å². The molecule has 10 heteroatoms. The van der Waals surface area contributed by atoms with Crippen LogP contribution < -0.4 is 15.5 Å². The molecule has 0 unspecified atom stereocenters. The Balaban J connectivity index is 0.00000363. The van der Waals surface area contributed by atoms with E-state index in [2.05, 4.69) is 38.5 Å². The molecule has 0 bridgehead atoms. The Kier molecular flexibility index (Phi) is 9.81. The Bertz CT molecular complexity index is 770. The first-order valence-corrected chi connectivity index (χ1v) is 11.1. The second-order valence-corrected chi connectivity index (χ2v) is 9.23. The Morgan fingerprint density at radius 1 is 1.25 bits per heavy atom. The maximum absolute atomic E-state index is 12.1. The molecule has 2 N–H and O–H groups in total. The van der Waals surface area contributed by atoms with Gasteiger partial charge in [0.2, 0.25) is 0 Å². The molecule has 2 aliphatic heterocycles. The van der Waals surface area contributed by atoms with Crippen molar-refractivity contribution in [1.29, 1.82) is 0 Å². The number of anilines is 1. The van der Waals surface area contributed by atoms with Crippen LogP contribution in [0.4, 0.5) is 10.6 Å². The SMILES string of the molecule is CCNC(=NCc1ccnc(N2CCN(C)CC2)c1)NC1CN(C(=O)OC(C)(C)C)C1.I. The van der Waals surface area contributed by atoms with E-state index in [-0.39, 0.29) is 36.1 Å². The van der Waals surface area contributed by atoms with Crippen molar-refractivity contribution >= 4 is 41.8 Å². The molecule has 2 fully saturated rings. The number of amides is 1. The molecule has 9 nitrogen and oxygen atoms in total. The van der Waals surface area contributed by atoms with E-state index in [4.69, 9.17) is 9.73 Å². The van der Waals surface area contributed by atoms with Gasteiger partial charge in [0.15, 0.2) is 5.96 Å². The third kappa shape index (κ3) is 7.95. The second kappa shape index (κ2) is 11.9. The predicted octanol–water partition coefficient (Wildman–Crippen LogP) is 2.13. The van der Waals surface area contributed by atoms with Crippen molar-refractivity contribution in [3.8, 4) is 0 Å². The summed E-state index contributed by atoms with van der Waals surface area (Å²) in [6.45, 7) is 14.4. The highest BCUT2D eigenvalue weighted by molar-refractivity contribution is 14.0. The van der Waals surface area contributed by atoms with E-state index in [1.165, 1.54) is 0 Å². The first kappa shape index (κ1) is 26.4. The summed E-state index contributed by atoms with van der Waals surface area (Å²) in [5.74, 6) is 1.78. The first-order valence-electron chi connectivity index (χ1n) is 11.1. The summed E-state index contributed by atoms with van der Waals surface area (Å²) >= 11 is 0. The van der Waals surface area contributed by atoms with Crippen molar-refractivity contribution in [2.75, 3.05) is 57.8 Å². The van der Waals surface area contributed by atoms with E-state index in [0.29, 0.717) is 19.6 Å². The summed E-state index contributed by atoms with van der Waals surface area (Å²) in [4.78, 5) is 27.8. The normalized spacial score (nSPS) is 18.0. The molecule has 2 saturated heterocycles. The number of likely N-dealkylation sites (tertiary alicyclic amines) is 1. The second-order valence-electron chi connectivity index (χ2n) is 9.23. The van der Waals surface area contributed by atoms with Crippen LogP contribution in [0.2, 0.25) is 0 Å². The van der Waals surface area contributed by atoms with Crippen LogP contribution in [0.5, 0.6) is 0 Å². The van der Waals surface area contributed by atoms with Gasteiger partial charge >= 0.3 is 6.09 Å². The summed E-state index contributed by atoms with van der Waals surface area (Å²) in [6.07, 6.45) is 1.60. The maximum Gasteiger partial charge on any atom is 0.410 e. The minimum Gasteiger partial charge on any atom is -0.444 e. The number of hydrogen-bond acceptors (Lipinski definition) is 6. The molecule has 1 aromatic heterocycles. The van der Waals surface area contributed by atoms with Crippen molar-refractivity contribution in [2.45, 2.75) is 45.9 Å². The monoisotopic (exact) mass is 559 g/mol. The van der Waals surface area contributed by atoms with Crippen molar-refractivity contribution in [3.63, 3.8) is 0 Å². The molecular weight excluding hydrogens is 521 g/mol. The van der Waals surface area contributed by atoms with Gasteiger partial charge in [0.1, 0.15) is 11.4 Å². The number of hydrogen-bond donors (Lipinski definition) is 2. The summed E-state index contributed by atoms with van der Waals surface area (Å²) in [5.41, 5.74) is 0.657. The molecule has 32 heavy (non-hydrogen) atoms. The number of nitrogens with one attached hydrogen (secondary N) is 2. The van der Waals surface area contributed by atoms with E-state index < -0.39 is 5.60 Å². The summed E-state index contributed by atoms with van der Waals surface area (Å²) < 4.78 is 5.42. The number of rotatable bonds is 5. The number of likely N-dealkylation sites (N-methyl/N-ethyl adjacent to an activating group) is 1. The lowest BCUT2D eigenvalue weighted by atomic mass is 10.1. The third-order valence-corrected chi connectivity index (χ3v) is 5.28. The van der Waals surface area contributed by atoms with E-state index in [9.17, 15) is 4.79 Å². The van der Waals surface area contributed by atoms with Crippen molar-refractivity contribution < 1.29 is 9.53 Å². The smallest absolute Gasteiger partial charge is 0.410 e. The van der Waals surface area contributed by atoms with Crippen LogP contribution >= 0.6 is 24.0 Å². The molecule has 1 amide bonds. The summed E-state index contributed by atoms with van der Waals surface area (Å²) in [6, 6.07) is 4.32. The standard InChI is InChI=1S/C22H37N7O2.HI/c1-6-23-20(26-18-15-29(16-18)21(30)31-22(2,3)4)25-14-17-7-8-24-19(13-17)28-11-9-27(5)10-12-28;/h7-8,13,18H,6,9-12,14-16H2,1-5H3,(H2,23,25,26);1H. The van der Waals surface area contributed by atoms with Crippen LogP contribution in [-0.4, -0.2) is 91.3 Å². The van der Waals surface area contributed by atoms with Gasteiger partial charge in [-0.3, -0.25) is 0 Å². The molecule has 0 radical (unpaired) electrons. The predicted molar refractivity (Wildman–Crippen MR) is 139 cm³/mol. The van der Waals surface area contributed by atoms with Crippen LogP contribution in [-0.2, 0) is 11.3 Å². The van der Waals surface area contributed by atoms with Gasteiger partial charge in [-0.25, -0.2) is 14.8 Å². The third-order valence-electron chi connectivity index (χ3n) is 5.28. The highest BCUT2D eigenvalue weighted by atomic mass is 127. The topological polar surface area (TPSA) is 85.3 Å². The van der Waals surface area contributed by atoms with Gasteiger partial charge in [-0.05, 0) is 52.4 Å². The lowest BCUT2D eigenvalue weighted by Gasteiger charge is -2.40. The highest BCUT2D eigenvalue weighted by Gasteiger charge is 2.34. The fourth-order valence-corrected chi connectivity index (χ4v) is 3.50. The van der Waals surface area contributed by atoms with E-state index in [1.807, 2.05) is 40.0 Å². The van der Waals surface area contributed by atoms with Crippen LogP contribution in [0.3, 0.4) is 0 Å². The number of nitrogens with zero attached hydrogens (tertiary/aromatic N) is 5. The Morgan fingerprint density at radius 3 is 2.56 bits per heavy atom. The Morgan fingerprint density at radius 2 is 1.94 bits per heavy atom. The number of aliphatic imine (C=N–C) groups is 1. The van der Waals surface area contributed by atoms with E-state index >= 15 is 0 Å². The molecule has 0 atom stereocenters. The lowest BCUT2D eigenvalue weighted by molar-refractivity contribution is 0.00700. The number of aromatic nitrogens is 1. The average Bonchev–Trinajstić information content (AvgIpc) is 2.67. The average molecular weight is 559 g/mol. The zero-order valence-corrected chi connectivity index (χ0v) is 22.3. The zero-order chi connectivity index (χ0) is 22.4. The van der Waals surface area contributed by atoms with Crippen LogP contribution in [0.1, 0.15) is 33.3 Å². The molecule has 0 aromatic carbocycles. The highest BCUT2D eigenvalue weighted by Crippen LogP contribution is 2.16. The van der Waals surface area contributed by atoms with Gasteiger partial charge < -0.3 is 30.1 Å².